The molecule has 1 aliphatic heterocycles. The number of rotatable bonds is 7. The van der Waals surface area contributed by atoms with E-state index >= 15 is 0 Å². The largest absolute Gasteiger partial charge is 0.419 e. The van der Waals surface area contributed by atoms with Gasteiger partial charge in [0.2, 0.25) is 27.5 Å². The van der Waals surface area contributed by atoms with E-state index in [2.05, 4.69) is 17.2 Å². The summed E-state index contributed by atoms with van der Waals surface area (Å²) in [6.45, 7) is 3.77. The molecule has 0 amide bonds. The van der Waals surface area contributed by atoms with Crippen molar-refractivity contribution in [2.45, 2.75) is 31.1 Å². The van der Waals surface area contributed by atoms with E-state index in [0.29, 0.717) is 37.0 Å². The van der Waals surface area contributed by atoms with E-state index < -0.39 is 10.0 Å². The number of hydrogen-bond donors (Lipinski definition) is 1. The van der Waals surface area contributed by atoms with Crippen LogP contribution in [0.3, 0.4) is 0 Å². The summed E-state index contributed by atoms with van der Waals surface area (Å²) >= 11 is 0. The summed E-state index contributed by atoms with van der Waals surface area (Å²) in [6, 6.07) is 18.5. The standard InChI is InChI=1S/C24H26N4O3S/c1-18-6-5-15-28(17-18)32(29,30)21-11-9-20(10-12-21)23-27-22(16-25)24(31-23)26-14-13-19-7-3-2-4-8-19/h2-4,7-12,18,26H,5-6,13-15,17H2,1H3/t18-/m1/s1. The quantitative estimate of drug-likeness (QED) is 0.576. The van der Waals surface area contributed by atoms with Crippen LogP contribution in [0.5, 0.6) is 0 Å². The van der Waals surface area contributed by atoms with Crippen LogP contribution in [0.25, 0.3) is 11.5 Å². The van der Waals surface area contributed by atoms with E-state index in [4.69, 9.17) is 4.42 Å². The Morgan fingerprint density at radius 1 is 1.19 bits per heavy atom. The maximum absolute atomic E-state index is 13.0. The van der Waals surface area contributed by atoms with Crippen molar-refractivity contribution in [3.8, 4) is 17.5 Å². The molecule has 0 saturated carbocycles. The normalized spacial score (nSPS) is 17.1. The van der Waals surface area contributed by atoms with Gasteiger partial charge in [0.15, 0.2) is 0 Å². The Labute approximate surface area is 188 Å². The first-order chi connectivity index (χ1) is 15.5. The Balaban J connectivity index is 1.47. The van der Waals surface area contributed by atoms with Crippen LogP contribution in [0.2, 0.25) is 0 Å². The van der Waals surface area contributed by atoms with Crippen molar-refractivity contribution < 1.29 is 12.8 Å². The molecule has 0 aliphatic carbocycles. The summed E-state index contributed by atoms with van der Waals surface area (Å²) in [5, 5.41) is 12.5. The zero-order chi connectivity index (χ0) is 22.6. The fourth-order valence-electron chi connectivity index (χ4n) is 3.89. The van der Waals surface area contributed by atoms with Crippen molar-refractivity contribution >= 4 is 15.9 Å². The number of sulfonamides is 1. The molecule has 0 radical (unpaired) electrons. The van der Waals surface area contributed by atoms with Crippen LogP contribution in [-0.2, 0) is 16.4 Å². The number of benzene rings is 2. The minimum absolute atomic E-state index is 0.173. The Bertz CT molecular complexity index is 1200. The number of nitriles is 1. The molecule has 1 aliphatic rings. The maximum Gasteiger partial charge on any atom is 0.243 e. The van der Waals surface area contributed by atoms with Gasteiger partial charge in [-0.1, -0.05) is 37.3 Å². The highest BCUT2D eigenvalue weighted by molar-refractivity contribution is 7.89. The average Bonchev–Trinajstić information content (AvgIpc) is 3.23. The second-order valence-corrected chi connectivity index (χ2v) is 10.0. The molecule has 1 N–H and O–H groups in total. The zero-order valence-electron chi connectivity index (χ0n) is 18.0. The first-order valence-electron chi connectivity index (χ1n) is 10.8. The number of nitrogens with zero attached hydrogens (tertiary/aromatic N) is 3. The predicted octanol–water partition coefficient (Wildman–Crippen LogP) is 4.29. The SMILES string of the molecule is C[C@@H]1CCCN(S(=O)(=O)c2ccc(-c3nc(C#N)c(NCCc4ccccc4)o3)cc2)C1. The van der Waals surface area contributed by atoms with Crippen LogP contribution in [0, 0.1) is 17.2 Å². The molecule has 0 unspecified atom stereocenters. The average molecular weight is 451 g/mol. The van der Waals surface area contributed by atoms with Gasteiger partial charge in [0.1, 0.15) is 6.07 Å². The van der Waals surface area contributed by atoms with Gasteiger partial charge >= 0.3 is 0 Å². The van der Waals surface area contributed by atoms with Gasteiger partial charge in [-0.25, -0.2) is 8.42 Å². The zero-order valence-corrected chi connectivity index (χ0v) is 18.8. The topological polar surface area (TPSA) is 99.2 Å². The minimum atomic E-state index is -3.52. The van der Waals surface area contributed by atoms with Crippen molar-refractivity contribution in [2.75, 3.05) is 25.0 Å². The molecular formula is C24H26N4O3S. The highest BCUT2D eigenvalue weighted by Gasteiger charge is 2.28. The lowest BCUT2D eigenvalue weighted by atomic mass is 10.0. The number of hydrogen-bond acceptors (Lipinski definition) is 6. The highest BCUT2D eigenvalue weighted by atomic mass is 32.2. The molecule has 1 saturated heterocycles. The van der Waals surface area contributed by atoms with Crippen LogP contribution in [0.4, 0.5) is 5.88 Å². The minimum Gasteiger partial charge on any atom is -0.419 e. The van der Waals surface area contributed by atoms with Crippen molar-refractivity contribution in [3.05, 3.63) is 65.9 Å². The van der Waals surface area contributed by atoms with Gasteiger partial charge in [-0.05, 0) is 55.0 Å². The molecule has 1 aromatic heterocycles. The third-order valence-electron chi connectivity index (χ3n) is 5.63. The molecule has 0 spiro atoms. The summed E-state index contributed by atoms with van der Waals surface area (Å²) in [5.41, 5.74) is 1.97. The molecule has 1 fully saturated rings. The van der Waals surface area contributed by atoms with Gasteiger partial charge < -0.3 is 9.73 Å². The lowest BCUT2D eigenvalue weighted by Crippen LogP contribution is -2.39. The van der Waals surface area contributed by atoms with Crippen LogP contribution < -0.4 is 5.32 Å². The molecule has 32 heavy (non-hydrogen) atoms. The van der Waals surface area contributed by atoms with Crippen molar-refractivity contribution in [3.63, 3.8) is 0 Å². The Morgan fingerprint density at radius 3 is 2.62 bits per heavy atom. The van der Waals surface area contributed by atoms with Gasteiger partial charge in [0, 0.05) is 25.2 Å². The van der Waals surface area contributed by atoms with E-state index in [-0.39, 0.29) is 16.5 Å². The highest BCUT2D eigenvalue weighted by Crippen LogP contribution is 2.28. The molecule has 4 rings (SSSR count). The lowest BCUT2D eigenvalue weighted by Gasteiger charge is -2.30. The first-order valence-corrected chi connectivity index (χ1v) is 12.2. The third-order valence-corrected chi connectivity index (χ3v) is 7.51. The van der Waals surface area contributed by atoms with E-state index in [1.54, 1.807) is 28.6 Å². The van der Waals surface area contributed by atoms with Gasteiger partial charge in [0.05, 0.1) is 4.90 Å². The molecule has 0 bridgehead atoms. The van der Waals surface area contributed by atoms with Crippen LogP contribution in [-0.4, -0.2) is 37.3 Å². The smallest absolute Gasteiger partial charge is 0.243 e. The van der Waals surface area contributed by atoms with E-state index in [1.165, 1.54) is 5.56 Å². The molecule has 2 aromatic carbocycles. The Kier molecular flexibility index (Phi) is 6.58. The van der Waals surface area contributed by atoms with Gasteiger partial charge in [-0.15, -0.1) is 0 Å². The van der Waals surface area contributed by atoms with E-state index in [1.807, 2.05) is 36.4 Å². The lowest BCUT2D eigenvalue weighted by molar-refractivity contribution is 0.281. The molecule has 2 heterocycles. The van der Waals surface area contributed by atoms with Crippen molar-refractivity contribution in [1.29, 1.82) is 5.26 Å². The first kappa shape index (κ1) is 22.1. The Hall–Kier alpha value is -3.15. The fraction of sp³-hybridized carbons (Fsp3) is 0.333. The molecule has 7 nitrogen and oxygen atoms in total. The predicted molar refractivity (Wildman–Crippen MR) is 122 cm³/mol. The summed E-state index contributed by atoms with van der Waals surface area (Å²) in [6.07, 6.45) is 2.72. The monoisotopic (exact) mass is 450 g/mol. The van der Waals surface area contributed by atoms with E-state index in [9.17, 15) is 13.7 Å². The molecular weight excluding hydrogens is 424 g/mol. The van der Waals surface area contributed by atoms with Crippen LogP contribution in [0.15, 0.2) is 63.9 Å². The van der Waals surface area contributed by atoms with Crippen LogP contribution >= 0.6 is 0 Å². The fourth-order valence-corrected chi connectivity index (χ4v) is 5.49. The van der Waals surface area contributed by atoms with Crippen molar-refractivity contribution in [1.82, 2.24) is 9.29 Å². The summed E-state index contributed by atoms with van der Waals surface area (Å²) < 4.78 is 33.2. The van der Waals surface area contributed by atoms with Gasteiger partial charge in [0.25, 0.3) is 0 Å². The van der Waals surface area contributed by atoms with Crippen LogP contribution in [0.1, 0.15) is 31.0 Å². The Morgan fingerprint density at radius 2 is 1.94 bits per heavy atom. The molecule has 166 valence electrons. The number of anilines is 1. The van der Waals surface area contributed by atoms with Gasteiger partial charge in [-0.3, -0.25) is 0 Å². The number of oxazole rings is 1. The summed E-state index contributed by atoms with van der Waals surface area (Å²) in [4.78, 5) is 4.52. The second kappa shape index (κ2) is 9.55. The second-order valence-electron chi connectivity index (χ2n) is 8.11. The molecule has 3 aromatic rings. The van der Waals surface area contributed by atoms with Crippen molar-refractivity contribution in [2.24, 2.45) is 5.92 Å². The number of piperidine rings is 1. The van der Waals surface area contributed by atoms with E-state index in [0.717, 1.165) is 19.3 Å². The summed E-state index contributed by atoms with van der Waals surface area (Å²) in [7, 11) is -3.52. The summed E-state index contributed by atoms with van der Waals surface area (Å²) in [5.74, 6) is 0.957. The number of nitrogens with one attached hydrogen (secondary N) is 1. The van der Waals surface area contributed by atoms with Gasteiger partial charge in [-0.2, -0.15) is 14.6 Å². The maximum atomic E-state index is 13.0. The molecule has 1 atom stereocenters. The third kappa shape index (κ3) is 4.85. The number of aromatic nitrogens is 1. The molecule has 8 heteroatoms.